The van der Waals surface area contributed by atoms with Crippen molar-refractivity contribution in [1.82, 2.24) is 4.90 Å². The summed E-state index contributed by atoms with van der Waals surface area (Å²) in [7, 11) is 0. The van der Waals surface area contributed by atoms with Crippen LogP contribution in [0, 0.1) is 5.82 Å². The van der Waals surface area contributed by atoms with Crippen molar-refractivity contribution < 1.29 is 19.0 Å². The molecule has 1 aromatic rings. The molecule has 2 unspecified atom stereocenters. The summed E-state index contributed by atoms with van der Waals surface area (Å²) in [6.45, 7) is 2.59. The fraction of sp³-hybridized carbons (Fsp3) is 0.562. The van der Waals surface area contributed by atoms with E-state index in [1.165, 1.54) is 6.07 Å². The van der Waals surface area contributed by atoms with Crippen LogP contribution in [-0.4, -0.2) is 47.8 Å². The number of rotatable bonds is 3. The van der Waals surface area contributed by atoms with Crippen LogP contribution in [0.1, 0.15) is 25.3 Å². The van der Waals surface area contributed by atoms with E-state index in [1.54, 1.807) is 23.1 Å². The molecule has 1 amide bonds. The molecule has 3 rings (SSSR count). The summed E-state index contributed by atoms with van der Waals surface area (Å²) < 4.78 is 19.5. The molecule has 1 N–H and O–H groups in total. The first-order chi connectivity index (χ1) is 10.1. The Morgan fingerprint density at radius 3 is 2.81 bits per heavy atom. The van der Waals surface area contributed by atoms with Crippen molar-refractivity contribution in [3.8, 4) is 0 Å². The highest BCUT2D eigenvalue weighted by atomic mass is 19.1. The number of nitrogens with zero attached hydrogens (tertiary/aromatic N) is 1. The van der Waals surface area contributed by atoms with Gasteiger partial charge in [0.15, 0.2) is 0 Å². The molecule has 2 atom stereocenters. The van der Waals surface area contributed by atoms with Crippen molar-refractivity contribution in [2.45, 2.75) is 37.3 Å². The van der Waals surface area contributed by atoms with Crippen LogP contribution in [0.15, 0.2) is 24.3 Å². The zero-order valence-electron chi connectivity index (χ0n) is 12.1. The van der Waals surface area contributed by atoms with Crippen LogP contribution in [0.25, 0.3) is 0 Å². The minimum Gasteiger partial charge on any atom is -0.394 e. The summed E-state index contributed by atoms with van der Waals surface area (Å²) in [6, 6.07) is 6.46. The summed E-state index contributed by atoms with van der Waals surface area (Å²) in [4.78, 5) is 14.7. The van der Waals surface area contributed by atoms with Crippen LogP contribution in [0.4, 0.5) is 4.39 Å². The fourth-order valence-corrected chi connectivity index (χ4v) is 3.06. The Balaban J connectivity index is 1.86. The third-order valence-corrected chi connectivity index (χ3v) is 4.52. The van der Waals surface area contributed by atoms with E-state index in [0.717, 1.165) is 0 Å². The lowest BCUT2D eigenvalue weighted by Crippen LogP contribution is -2.54. The number of halogens is 1. The van der Waals surface area contributed by atoms with Gasteiger partial charge in [0.25, 0.3) is 0 Å². The second-order valence-electron chi connectivity index (χ2n) is 6.01. The molecular weight excluding hydrogens is 273 g/mol. The maximum absolute atomic E-state index is 14.1. The maximum Gasteiger partial charge on any atom is 0.233 e. The van der Waals surface area contributed by atoms with Crippen molar-refractivity contribution in [1.29, 1.82) is 0 Å². The second kappa shape index (κ2) is 5.39. The first-order valence-electron chi connectivity index (χ1n) is 7.37. The van der Waals surface area contributed by atoms with E-state index in [2.05, 4.69) is 0 Å². The predicted molar refractivity (Wildman–Crippen MR) is 75.3 cm³/mol. The first kappa shape index (κ1) is 14.5. The van der Waals surface area contributed by atoms with E-state index in [0.29, 0.717) is 31.6 Å². The molecule has 1 aliphatic carbocycles. The standard InChI is InChI=1S/C16H20FNO3/c1-11-10-21-12(9-19)8-18(11)15(20)16(6-7-16)13-4-2-3-5-14(13)17/h2-5,11-12,19H,6-10H2,1H3. The Morgan fingerprint density at radius 1 is 1.48 bits per heavy atom. The van der Waals surface area contributed by atoms with Crippen molar-refractivity contribution in [2.75, 3.05) is 19.8 Å². The normalized spacial score (nSPS) is 27.5. The minimum absolute atomic E-state index is 0.0400. The summed E-state index contributed by atoms with van der Waals surface area (Å²) >= 11 is 0. The molecule has 1 heterocycles. The van der Waals surface area contributed by atoms with Crippen LogP contribution in [0.5, 0.6) is 0 Å². The number of aliphatic hydroxyl groups is 1. The van der Waals surface area contributed by atoms with Crippen LogP contribution < -0.4 is 0 Å². The van der Waals surface area contributed by atoms with Crippen molar-refractivity contribution >= 4 is 5.91 Å². The Labute approximate surface area is 123 Å². The van der Waals surface area contributed by atoms with Gasteiger partial charge in [-0.25, -0.2) is 4.39 Å². The highest BCUT2D eigenvalue weighted by Crippen LogP contribution is 2.50. The number of ether oxygens (including phenoxy) is 1. The monoisotopic (exact) mass is 293 g/mol. The molecular formula is C16H20FNO3. The molecule has 1 saturated carbocycles. The van der Waals surface area contributed by atoms with E-state index in [9.17, 15) is 14.3 Å². The van der Waals surface area contributed by atoms with Gasteiger partial charge in [-0.05, 0) is 25.8 Å². The summed E-state index contributed by atoms with van der Waals surface area (Å²) in [6.07, 6.45) is 1.02. The molecule has 114 valence electrons. The SMILES string of the molecule is CC1COC(CO)CN1C(=O)C1(c2ccccc2F)CC1. The molecule has 1 aliphatic heterocycles. The van der Waals surface area contributed by atoms with Gasteiger partial charge in [0.1, 0.15) is 5.82 Å². The van der Waals surface area contributed by atoms with Gasteiger partial charge in [0, 0.05) is 12.1 Å². The van der Waals surface area contributed by atoms with Gasteiger partial charge in [-0.15, -0.1) is 0 Å². The molecule has 0 aromatic heterocycles. The van der Waals surface area contributed by atoms with E-state index in [1.807, 2.05) is 6.92 Å². The Hall–Kier alpha value is -1.46. The molecule has 0 bridgehead atoms. The molecule has 5 heteroatoms. The van der Waals surface area contributed by atoms with Crippen LogP contribution >= 0.6 is 0 Å². The largest absolute Gasteiger partial charge is 0.394 e. The number of morpholine rings is 1. The van der Waals surface area contributed by atoms with Gasteiger partial charge < -0.3 is 14.7 Å². The number of aliphatic hydroxyl groups excluding tert-OH is 1. The Bertz CT molecular complexity index is 544. The van der Waals surface area contributed by atoms with Crippen molar-refractivity contribution in [2.24, 2.45) is 0 Å². The lowest BCUT2D eigenvalue weighted by atomic mass is 9.92. The maximum atomic E-state index is 14.1. The number of hydrogen-bond donors (Lipinski definition) is 1. The van der Waals surface area contributed by atoms with Gasteiger partial charge in [0.05, 0.1) is 30.8 Å². The molecule has 0 radical (unpaired) electrons. The van der Waals surface area contributed by atoms with Crippen molar-refractivity contribution in [3.05, 3.63) is 35.6 Å². The van der Waals surface area contributed by atoms with Gasteiger partial charge in [0.2, 0.25) is 5.91 Å². The van der Waals surface area contributed by atoms with Gasteiger partial charge in [-0.2, -0.15) is 0 Å². The molecule has 1 aromatic carbocycles. The number of hydrogen-bond acceptors (Lipinski definition) is 3. The van der Waals surface area contributed by atoms with Gasteiger partial charge >= 0.3 is 0 Å². The second-order valence-corrected chi connectivity index (χ2v) is 6.01. The van der Waals surface area contributed by atoms with E-state index < -0.39 is 5.41 Å². The van der Waals surface area contributed by atoms with Crippen molar-refractivity contribution in [3.63, 3.8) is 0 Å². The molecule has 2 aliphatic rings. The zero-order valence-corrected chi connectivity index (χ0v) is 12.1. The Kier molecular flexibility index (Phi) is 3.71. The molecule has 2 fully saturated rings. The lowest BCUT2D eigenvalue weighted by Gasteiger charge is -2.39. The van der Waals surface area contributed by atoms with Gasteiger partial charge in [-0.3, -0.25) is 4.79 Å². The summed E-state index contributed by atoms with van der Waals surface area (Å²) in [5.74, 6) is -0.357. The molecule has 21 heavy (non-hydrogen) atoms. The molecule has 0 spiro atoms. The topological polar surface area (TPSA) is 49.8 Å². The highest BCUT2D eigenvalue weighted by molar-refractivity contribution is 5.91. The third-order valence-electron chi connectivity index (χ3n) is 4.52. The smallest absolute Gasteiger partial charge is 0.233 e. The summed E-state index contributed by atoms with van der Waals surface area (Å²) in [5.41, 5.74) is -0.217. The number of carbonyl (C=O) groups is 1. The van der Waals surface area contributed by atoms with E-state index in [-0.39, 0.29) is 30.5 Å². The average Bonchev–Trinajstić information content (AvgIpc) is 3.29. The quantitative estimate of drug-likeness (QED) is 0.918. The number of carbonyl (C=O) groups excluding carboxylic acids is 1. The third kappa shape index (κ3) is 2.45. The van der Waals surface area contributed by atoms with Crippen LogP contribution in [-0.2, 0) is 14.9 Å². The average molecular weight is 293 g/mol. The van der Waals surface area contributed by atoms with Crippen LogP contribution in [0.2, 0.25) is 0 Å². The highest BCUT2D eigenvalue weighted by Gasteiger charge is 2.55. The van der Waals surface area contributed by atoms with E-state index in [4.69, 9.17) is 4.74 Å². The number of amides is 1. The summed E-state index contributed by atoms with van der Waals surface area (Å²) in [5, 5.41) is 9.23. The van der Waals surface area contributed by atoms with Crippen LogP contribution in [0.3, 0.4) is 0 Å². The lowest BCUT2D eigenvalue weighted by molar-refractivity contribution is -0.149. The zero-order chi connectivity index (χ0) is 15.0. The molecule has 1 saturated heterocycles. The molecule has 4 nitrogen and oxygen atoms in total. The fourth-order valence-electron chi connectivity index (χ4n) is 3.06. The predicted octanol–water partition coefficient (Wildman–Crippen LogP) is 1.47. The number of benzene rings is 1. The Morgan fingerprint density at radius 2 is 2.19 bits per heavy atom. The minimum atomic E-state index is -0.711. The van der Waals surface area contributed by atoms with Gasteiger partial charge in [-0.1, -0.05) is 18.2 Å². The van der Waals surface area contributed by atoms with E-state index >= 15 is 0 Å². The first-order valence-corrected chi connectivity index (χ1v) is 7.37.